The molecule has 7 heterocycles. The molecule has 3 fully saturated rings. The van der Waals surface area contributed by atoms with Crippen molar-refractivity contribution in [2.75, 3.05) is 61.4 Å². The second-order valence-corrected chi connectivity index (χ2v) is 20.4. The zero-order valence-corrected chi connectivity index (χ0v) is 40.5. The van der Waals surface area contributed by atoms with E-state index >= 15 is 4.39 Å². The Morgan fingerprint density at radius 1 is 0.899 bits per heavy atom. The maximum absolute atomic E-state index is 16.1. The number of hydrogen-bond donors (Lipinski definition) is 2. The van der Waals surface area contributed by atoms with Gasteiger partial charge in [-0.15, -0.1) is 0 Å². The fraction of sp³-hybridized carbons (Fsp3) is 0.464. The van der Waals surface area contributed by atoms with Crippen LogP contribution in [0.5, 0.6) is 0 Å². The highest BCUT2D eigenvalue weighted by Crippen LogP contribution is 2.40. The van der Waals surface area contributed by atoms with Crippen LogP contribution in [0.3, 0.4) is 0 Å². The number of fused-ring (bicyclic) bond motifs is 2. The summed E-state index contributed by atoms with van der Waals surface area (Å²) in [5, 5.41) is 5.50. The number of likely N-dealkylation sites (tertiary alicyclic amines) is 1. The number of piperidine rings is 3. The molecule has 13 heteroatoms. The molecule has 12 nitrogen and oxygen atoms in total. The minimum atomic E-state index is -0.650. The first-order valence-electron chi connectivity index (χ1n) is 25.3. The Kier molecular flexibility index (Phi) is 13.2. The van der Waals surface area contributed by atoms with Crippen LogP contribution in [0.25, 0.3) is 22.8 Å². The highest BCUT2D eigenvalue weighted by atomic mass is 19.1. The Bertz CT molecular complexity index is 2690. The van der Waals surface area contributed by atoms with Crippen molar-refractivity contribution < 1.29 is 23.6 Å². The number of anilines is 3. The summed E-state index contributed by atoms with van der Waals surface area (Å²) in [4.78, 5) is 69.1. The number of nitrogens with one attached hydrogen (secondary N) is 2. The van der Waals surface area contributed by atoms with E-state index in [2.05, 4.69) is 75.7 Å². The molecule has 4 amide bonds. The van der Waals surface area contributed by atoms with Crippen molar-refractivity contribution in [2.24, 2.45) is 17.8 Å². The minimum absolute atomic E-state index is 0.0701. The number of benzene rings is 2. The van der Waals surface area contributed by atoms with Crippen LogP contribution in [0.15, 0.2) is 72.6 Å². The standard InChI is InChI=1S/C56H65FN8O4/c1-34-28-48-46(44(13-20-59-48)41-5-10-51(58-4)60-33-41)32-45(34)36(3)62-25-18-39(19-26-62)54-35(2)27-42(31-47(54)57)56(69)64-23-16-38(17-24-64)29-37-14-21-63(22-15-37)43-7-8-49-40(30-43)6-12-53(67)65(49)50-9-11-52(66)61-55(50)68/h5,7-8,10,13,18,20,27,30-34,36-38,50H,6,9,11-12,14-17,19,21-26,28-29H2,1-4H3,(H,58,60)(H,61,66,68). The van der Waals surface area contributed by atoms with Crippen molar-refractivity contribution in [3.8, 4) is 11.1 Å². The number of hydrogen-bond acceptors (Lipinski definition) is 9. The van der Waals surface area contributed by atoms with Crippen molar-refractivity contribution in [3.05, 3.63) is 112 Å². The zero-order valence-electron chi connectivity index (χ0n) is 40.5. The lowest BCUT2D eigenvalue weighted by Crippen LogP contribution is -2.55. The van der Waals surface area contributed by atoms with Gasteiger partial charge in [0.05, 0.1) is 0 Å². The molecule has 0 radical (unpaired) electrons. The SMILES string of the molecule is CNc1ccc(-c2ccnc3c2C=C(C(C)N2CC=C(c4c(C)cc(C(=O)N5CCC(CC6CCN(c7ccc8c(c7)CCC(=O)N8C7CCC(=O)NC7=O)CC6)CC5)cc4F)CC2)C(C)C3)cn1. The van der Waals surface area contributed by atoms with E-state index in [-0.39, 0.29) is 36.0 Å². The number of carbonyl (C=O) groups excluding carboxylic acids is 4. The van der Waals surface area contributed by atoms with Crippen molar-refractivity contribution >= 4 is 52.5 Å². The predicted molar refractivity (Wildman–Crippen MR) is 269 cm³/mol. The maximum Gasteiger partial charge on any atom is 0.253 e. The van der Waals surface area contributed by atoms with E-state index in [1.165, 1.54) is 17.2 Å². The summed E-state index contributed by atoms with van der Waals surface area (Å²) in [5.74, 6) is 1.22. The van der Waals surface area contributed by atoms with E-state index in [0.29, 0.717) is 61.2 Å². The number of rotatable bonds is 10. The average Bonchev–Trinajstić information content (AvgIpc) is 3.36. The summed E-state index contributed by atoms with van der Waals surface area (Å²) in [6.07, 6.45) is 16.8. The molecule has 3 unspecified atom stereocenters. The zero-order chi connectivity index (χ0) is 47.9. The van der Waals surface area contributed by atoms with Crippen molar-refractivity contribution in [2.45, 2.75) is 103 Å². The number of halogens is 1. The fourth-order valence-corrected chi connectivity index (χ4v) is 12.2. The van der Waals surface area contributed by atoms with Crippen LogP contribution >= 0.6 is 0 Å². The minimum Gasteiger partial charge on any atom is -0.373 e. The molecule has 2 aromatic heterocycles. The second kappa shape index (κ2) is 19.7. The van der Waals surface area contributed by atoms with Crippen molar-refractivity contribution in [1.82, 2.24) is 25.1 Å². The first kappa shape index (κ1) is 46.5. The average molecular weight is 933 g/mol. The van der Waals surface area contributed by atoms with Gasteiger partial charge in [-0.1, -0.05) is 19.1 Å². The van der Waals surface area contributed by atoms with E-state index in [9.17, 15) is 19.2 Å². The molecule has 10 rings (SSSR count). The summed E-state index contributed by atoms with van der Waals surface area (Å²) in [6, 6.07) is 15.3. The molecule has 4 aromatic rings. The van der Waals surface area contributed by atoms with Gasteiger partial charge < -0.3 is 15.1 Å². The maximum atomic E-state index is 16.1. The van der Waals surface area contributed by atoms with Crippen LogP contribution in [0, 0.1) is 30.5 Å². The van der Waals surface area contributed by atoms with Crippen molar-refractivity contribution in [1.29, 1.82) is 0 Å². The third kappa shape index (κ3) is 9.46. The van der Waals surface area contributed by atoms with Gasteiger partial charge in [-0.25, -0.2) is 9.37 Å². The molecule has 0 bridgehead atoms. The molecule has 5 aliphatic heterocycles. The Morgan fingerprint density at radius 3 is 2.38 bits per heavy atom. The van der Waals surface area contributed by atoms with E-state index in [4.69, 9.17) is 4.98 Å². The Labute approximate surface area is 405 Å². The summed E-state index contributed by atoms with van der Waals surface area (Å²) in [5.41, 5.74) is 11.8. The van der Waals surface area contributed by atoms with Crippen LogP contribution in [0.1, 0.15) is 110 Å². The molecule has 1 aliphatic carbocycles. The van der Waals surface area contributed by atoms with Gasteiger partial charge in [-0.2, -0.15) is 0 Å². The Morgan fingerprint density at radius 2 is 1.68 bits per heavy atom. The van der Waals surface area contributed by atoms with Gasteiger partial charge in [-0.05, 0) is 166 Å². The quantitative estimate of drug-likeness (QED) is 0.150. The molecule has 360 valence electrons. The van der Waals surface area contributed by atoms with Gasteiger partial charge in [0.25, 0.3) is 5.91 Å². The van der Waals surface area contributed by atoms with Crippen LogP contribution in [-0.2, 0) is 27.2 Å². The molecule has 3 saturated heterocycles. The number of nitrogens with zero attached hydrogens (tertiary/aromatic N) is 6. The first-order valence-corrected chi connectivity index (χ1v) is 25.3. The summed E-state index contributed by atoms with van der Waals surface area (Å²) >= 11 is 0. The van der Waals surface area contributed by atoms with E-state index in [0.717, 1.165) is 122 Å². The third-order valence-electron chi connectivity index (χ3n) is 16.2. The molecule has 69 heavy (non-hydrogen) atoms. The van der Waals surface area contributed by atoms with Gasteiger partial charge in [-0.3, -0.25) is 39.3 Å². The van der Waals surface area contributed by atoms with E-state index in [1.54, 1.807) is 4.90 Å². The normalized spacial score (nSPS) is 22.1. The number of imide groups is 1. The Balaban J connectivity index is 0.712. The third-order valence-corrected chi connectivity index (χ3v) is 16.2. The van der Waals surface area contributed by atoms with Gasteiger partial charge in [0.15, 0.2) is 0 Å². The van der Waals surface area contributed by atoms with Crippen LogP contribution in [-0.4, -0.2) is 102 Å². The molecule has 2 aromatic carbocycles. The number of amides is 4. The monoisotopic (exact) mass is 933 g/mol. The number of aromatic nitrogens is 2. The molecular formula is C56H65FN8O4. The fourth-order valence-electron chi connectivity index (χ4n) is 12.2. The van der Waals surface area contributed by atoms with Gasteiger partial charge in [0.1, 0.15) is 17.7 Å². The number of pyridine rings is 2. The molecular weight excluding hydrogens is 868 g/mol. The smallest absolute Gasteiger partial charge is 0.253 e. The second-order valence-electron chi connectivity index (χ2n) is 20.4. The lowest BCUT2D eigenvalue weighted by Gasteiger charge is -2.39. The molecule has 0 saturated carbocycles. The molecule has 3 atom stereocenters. The van der Waals surface area contributed by atoms with Gasteiger partial charge in [0, 0.05) is 117 Å². The lowest BCUT2D eigenvalue weighted by atomic mass is 9.81. The van der Waals surface area contributed by atoms with Crippen LogP contribution < -0.4 is 20.4 Å². The molecule has 0 spiro atoms. The highest BCUT2D eigenvalue weighted by Gasteiger charge is 2.39. The van der Waals surface area contributed by atoms with Crippen LogP contribution in [0.2, 0.25) is 0 Å². The Hall–Kier alpha value is -6.21. The number of aryl methyl sites for hydroxylation is 2. The lowest BCUT2D eigenvalue weighted by molar-refractivity contribution is -0.135. The largest absolute Gasteiger partial charge is 0.373 e. The molecule has 2 N–H and O–H groups in total. The van der Waals surface area contributed by atoms with Gasteiger partial charge in [0.2, 0.25) is 17.7 Å². The topological polar surface area (TPSA) is 131 Å². The van der Waals surface area contributed by atoms with Crippen molar-refractivity contribution in [3.63, 3.8) is 0 Å². The summed E-state index contributed by atoms with van der Waals surface area (Å²) in [6.45, 7) is 11.4. The molecule has 6 aliphatic rings. The highest BCUT2D eigenvalue weighted by molar-refractivity contribution is 6.08. The summed E-state index contributed by atoms with van der Waals surface area (Å²) < 4.78 is 16.1. The van der Waals surface area contributed by atoms with Gasteiger partial charge >= 0.3 is 0 Å². The van der Waals surface area contributed by atoms with E-state index in [1.807, 2.05) is 49.5 Å². The predicted octanol–water partition coefficient (Wildman–Crippen LogP) is 8.63. The summed E-state index contributed by atoms with van der Waals surface area (Å²) in [7, 11) is 1.87. The van der Waals surface area contributed by atoms with E-state index < -0.39 is 11.9 Å². The first-order chi connectivity index (χ1) is 33.4. The van der Waals surface area contributed by atoms with Crippen LogP contribution in [0.4, 0.5) is 21.6 Å². The number of carbonyl (C=O) groups is 4.